The average molecular weight is 365 g/mol. The van der Waals surface area contributed by atoms with Gasteiger partial charge in [-0.1, -0.05) is 19.1 Å². The van der Waals surface area contributed by atoms with Crippen molar-refractivity contribution in [3.8, 4) is 11.4 Å². The van der Waals surface area contributed by atoms with E-state index in [1.54, 1.807) is 36.4 Å². The zero-order valence-electron chi connectivity index (χ0n) is 15.0. The molecule has 0 aliphatic heterocycles. The first-order valence-electron chi connectivity index (χ1n) is 8.43. The Hall–Kier alpha value is -3.61. The number of aromatic amines is 1. The first-order chi connectivity index (χ1) is 13.0. The fourth-order valence-corrected chi connectivity index (χ4v) is 2.62. The number of carbonyl (C=O) groups excluding carboxylic acids is 1. The summed E-state index contributed by atoms with van der Waals surface area (Å²) in [5, 5.41) is 2.67. The van der Waals surface area contributed by atoms with Gasteiger partial charge in [0.25, 0.3) is 11.5 Å². The van der Waals surface area contributed by atoms with Gasteiger partial charge in [0.2, 0.25) is 0 Å². The number of aryl methyl sites for hydroxylation is 1. The lowest BCUT2D eigenvalue weighted by atomic mass is 10.1. The number of methoxy groups -OCH3 is 1. The van der Waals surface area contributed by atoms with Crippen molar-refractivity contribution >= 4 is 11.6 Å². The van der Waals surface area contributed by atoms with Gasteiger partial charge in [-0.3, -0.25) is 9.59 Å². The normalized spacial score (nSPS) is 10.4. The second-order valence-corrected chi connectivity index (χ2v) is 5.85. The Labute approximate surface area is 155 Å². The Kier molecular flexibility index (Phi) is 5.21. The molecule has 0 saturated heterocycles. The van der Waals surface area contributed by atoms with Crippen LogP contribution in [0.2, 0.25) is 0 Å². The third-order valence-corrected chi connectivity index (χ3v) is 4.17. The van der Waals surface area contributed by atoms with Crippen molar-refractivity contribution in [1.82, 2.24) is 9.55 Å². The highest BCUT2D eigenvalue weighted by Crippen LogP contribution is 2.13. The van der Waals surface area contributed by atoms with Crippen LogP contribution in [0.1, 0.15) is 22.8 Å². The largest absolute Gasteiger partial charge is 0.497 e. The summed E-state index contributed by atoms with van der Waals surface area (Å²) in [6.45, 7) is 2.04. The predicted octanol–water partition coefficient (Wildman–Crippen LogP) is 2.35. The van der Waals surface area contributed by atoms with Crippen molar-refractivity contribution < 1.29 is 9.53 Å². The molecule has 0 unspecified atom stereocenters. The van der Waals surface area contributed by atoms with Gasteiger partial charge in [-0.15, -0.1) is 0 Å². The monoisotopic (exact) mass is 365 g/mol. The van der Waals surface area contributed by atoms with Crippen LogP contribution in [0.25, 0.3) is 5.69 Å². The topological polar surface area (TPSA) is 93.2 Å². The lowest BCUT2D eigenvalue weighted by molar-refractivity contribution is 0.102. The van der Waals surface area contributed by atoms with Gasteiger partial charge in [0.05, 0.1) is 12.8 Å². The van der Waals surface area contributed by atoms with Crippen LogP contribution in [0, 0.1) is 0 Å². The number of H-pyrrole nitrogens is 1. The Morgan fingerprint density at radius 1 is 1.07 bits per heavy atom. The van der Waals surface area contributed by atoms with Gasteiger partial charge in [0, 0.05) is 11.9 Å². The van der Waals surface area contributed by atoms with Gasteiger partial charge < -0.3 is 15.0 Å². The molecular weight excluding hydrogens is 346 g/mol. The van der Waals surface area contributed by atoms with Gasteiger partial charge in [-0.25, -0.2) is 9.36 Å². The molecule has 1 heterocycles. The van der Waals surface area contributed by atoms with E-state index in [4.69, 9.17) is 4.74 Å². The molecule has 7 nitrogen and oxygen atoms in total. The Morgan fingerprint density at radius 2 is 1.74 bits per heavy atom. The summed E-state index contributed by atoms with van der Waals surface area (Å²) in [5.74, 6) is -0.00425. The number of anilines is 1. The van der Waals surface area contributed by atoms with E-state index < -0.39 is 17.2 Å². The summed E-state index contributed by atoms with van der Waals surface area (Å²) in [7, 11) is 1.52. The number of aromatic nitrogens is 2. The second-order valence-electron chi connectivity index (χ2n) is 5.85. The highest BCUT2D eigenvalue weighted by Gasteiger charge is 2.16. The molecule has 0 radical (unpaired) electrons. The van der Waals surface area contributed by atoms with Crippen molar-refractivity contribution in [2.45, 2.75) is 13.3 Å². The van der Waals surface area contributed by atoms with Crippen LogP contribution in [-0.4, -0.2) is 22.6 Å². The molecule has 1 aromatic heterocycles. The zero-order chi connectivity index (χ0) is 19.4. The quantitative estimate of drug-likeness (QED) is 0.726. The number of hydrogen-bond acceptors (Lipinski definition) is 4. The number of amides is 1. The van der Waals surface area contributed by atoms with E-state index in [1.807, 2.05) is 19.1 Å². The molecule has 0 bridgehead atoms. The Bertz CT molecular complexity index is 1060. The molecule has 0 atom stereocenters. The maximum Gasteiger partial charge on any atom is 0.333 e. The van der Waals surface area contributed by atoms with E-state index in [1.165, 1.54) is 7.11 Å². The first kappa shape index (κ1) is 18.2. The van der Waals surface area contributed by atoms with Crippen molar-refractivity contribution in [3.63, 3.8) is 0 Å². The maximum absolute atomic E-state index is 12.7. The van der Waals surface area contributed by atoms with E-state index in [-0.39, 0.29) is 5.56 Å². The van der Waals surface area contributed by atoms with Gasteiger partial charge in [0.15, 0.2) is 0 Å². The number of rotatable bonds is 5. The summed E-state index contributed by atoms with van der Waals surface area (Å²) < 4.78 is 5.98. The van der Waals surface area contributed by atoms with Crippen LogP contribution in [0.4, 0.5) is 5.69 Å². The second kappa shape index (κ2) is 7.74. The number of benzene rings is 2. The lowest BCUT2D eigenvalue weighted by Crippen LogP contribution is -2.38. The summed E-state index contributed by atoms with van der Waals surface area (Å²) in [6, 6.07) is 13.7. The molecule has 138 valence electrons. The Morgan fingerprint density at radius 3 is 2.33 bits per heavy atom. The van der Waals surface area contributed by atoms with Gasteiger partial charge in [0.1, 0.15) is 11.3 Å². The Balaban J connectivity index is 1.95. The minimum Gasteiger partial charge on any atom is -0.497 e. The molecule has 3 rings (SSSR count). The number of nitrogens with one attached hydrogen (secondary N) is 2. The lowest BCUT2D eigenvalue weighted by Gasteiger charge is -2.09. The number of ether oxygens (including phenoxy) is 1. The molecule has 1 amide bonds. The molecule has 0 saturated carbocycles. The molecule has 7 heteroatoms. The smallest absolute Gasteiger partial charge is 0.333 e. The highest BCUT2D eigenvalue weighted by molar-refractivity contribution is 6.03. The maximum atomic E-state index is 12.7. The standard InChI is InChI=1S/C20H19N3O4/c1-3-13-4-6-14(7-5-13)22-18(24)17-12-21-20(26)23(19(17)25)15-8-10-16(27-2)11-9-15/h4-12H,3H2,1-2H3,(H,21,26)(H,22,24). The van der Waals surface area contributed by atoms with E-state index in [2.05, 4.69) is 10.3 Å². The van der Waals surface area contributed by atoms with E-state index in [9.17, 15) is 14.4 Å². The fraction of sp³-hybridized carbons (Fsp3) is 0.150. The third kappa shape index (κ3) is 3.82. The zero-order valence-corrected chi connectivity index (χ0v) is 15.0. The van der Waals surface area contributed by atoms with E-state index in [0.717, 1.165) is 22.7 Å². The molecule has 2 N–H and O–H groups in total. The third-order valence-electron chi connectivity index (χ3n) is 4.17. The van der Waals surface area contributed by atoms with Crippen LogP contribution in [0.15, 0.2) is 64.3 Å². The van der Waals surface area contributed by atoms with Crippen LogP contribution < -0.4 is 21.3 Å². The van der Waals surface area contributed by atoms with Gasteiger partial charge in [-0.05, 0) is 48.4 Å². The molecule has 2 aromatic carbocycles. The summed E-state index contributed by atoms with van der Waals surface area (Å²) in [5.41, 5.74) is 0.548. The number of nitrogens with zero attached hydrogens (tertiary/aromatic N) is 1. The first-order valence-corrected chi connectivity index (χ1v) is 8.43. The van der Waals surface area contributed by atoms with Crippen molar-refractivity contribution in [2.24, 2.45) is 0 Å². The molecule has 0 aliphatic rings. The molecule has 0 fully saturated rings. The van der Waals surface area contributed by atoms with Crippen molar-refractivity contribution in [2.75, 3.05) is 12.4 Å². The highest BCUT2D eigenvalue weighted by atomic mass is 16.5. The number of hydrogen-bond donors (Lipinski definition) is 2. The summed E-state index contributed by atoms with van der Waals surface area (Å²) in [4.78, 5) is 39.8. The van der Waals surface area contributed by atoms with E-state index in [0.29, 0.717) is 17.1 Å². The van der Waals surface area contributed by atoms with E-state index >= 15 is 0 Å². The van der Waals surface area contributed by atoms with Gasteiger partial charge >= 0.3 is 5.69 Å². The van der Waals surface area contributed by atoms with Crippen LogP contribution in [0.5, 0.6) is 5.75 Å². The fourth-order valence-electron chi connectivity index (χ4n) is 2.62. The predicted molar refractivity (Wildman–Crippen MR) is 103 cm³/mol. The van der Waals surface area contributed by atoms with Gasteiger partial charge in [-0.2, -0.15) is 0 Å². The van der Waals surface area contributed by atoms with Crippen LogP contribution in [-0.2, 0) is 6.42 Å². The van der Waals surface area contributed by atoms with Crippen molar-refractivity contribution in [1.29, 1.82) is 0 Å². The summed E-state index contributed by atoms with van der Waals surface area (Å²) >= 11 is 0. The van der Waals surface area contributed by atoms with Crippen molar-refractivity contribution in [3.05, 3.63) is 86.7 Å². The molecular formula is C20H19N3O4. The van der Waals surface area contributed by atoms with Crippen LogP contribution in [0.3, 0.4) is 0 Å². The molecule has 0 spiro atoms. The molecule has 3 aromatic rings. The molecule has 27 heavy (non-hydrogen) atoms. The molecule has 0 aliphatic carbocycles. The minimum absolute atomic E-state index is 0.162. The minimum atomic E-state index is -0.702. The summed E-state index contributed by atoms with van der Waals surface area (Å²) in [6.07, 6.45) is 2.02. The SMILES string of the molecule is CCc1ccc(NC(=O)c2c[nH]c(=O)n(-c3ccc(OC)cc3)c2=O)cc1. The number of carbonyl (C=O) groups is 1. The average Bonchev–Trinajstić information content (AvgIpc) is 2.69. The van der Waals surface area contributed by atoms with Crippen LogP contribution >= 0.6 is 0 Å².